The van der Waals surface area contributed by atoms with E-state index in [0.717, 1.165) is 0 Å². The van der Waals surface area contributed by atoms with Crippen molar-refractivity contribution in [2.24, 2.45) is 0 Å². The van der Waals surface area contributed by atoms with Gasteiger partial charge in [-0.25, -0.2) is 8.78 Å². The summed E-state index contributed by atoms with van der Waals surface area (Å²) in [6, 6.07) is 13.5. The normalized spacial score (nSPS) is 10.2. The average molecular weight is 325 g/mol. The van der Waals surface area contributed by atoms with Crippen LogP contribution in [0.5, 0.6) is 0 Å². The predicted octanol–water partition coefficient (Wildman–Crippen LogP) is 4.36. The van der Waals surface area contributed by atoms with Crippen LogP contribution >= 0.6 is 0 Å². The molecule has 1 heterocycles. The zero-order valence-corrected chi connectivity index (χ0v) is 12.5. The van der Waals surface area contributed by atoms with E-state index < -0.39 is 17.5 Å². The average Bonchev–Trinajstić information content (AvgIpc) is 2.59. The molecule has 0 atom stereocenters. The van der Waals surface area contributed by atoms with Crippen LogP contribution in [0, 0.1) is 11.6 Å². The molecule has 0 fully saturated rings. The summed E-state index contributed by atoms with van der Waals surface area (Å²) in [7, 11) is 0. The molecular weight excluding hydrogens is 312 g/mol. The molecule has 1 amide bonds. The number of pyridine rings is 1. The second-order valence-corrected chi connectivity index (χ2v) is 5.00. The molecule has 24 heavy (non-hydrogen) atoms. The van der Waals surface area contributed by atoms with Gasteiger partial charge < -0.3 is 10.6 Å². The molecule has 6 heteroatoms. The Morgan fingerprint density at radius 1 is 0.875 bits per heavy atom. The lowest BCUT2D eigenvalue weighted by Gasteiger charge is -2.09. The summed E-state index contributed by atoms with van der Waals surface area (Å²) < 4.78 is 27.3. The van der Waals surface area contributed by atoms with Crippen LogP contribution in [0.4, 0.5) is 25.8 Å². The van der Waals surface area contributed by atoms with Crippen molar-refractivity contribution in [3.63, 3.8) is 0 Å². The lowest BCUT2D eigenvalue weighted by Crippen LogP contribution is -2.13. The van der Waals surface area contributed by atoms with Gasteiger partial charge in [0.15, 0.2) is 0 Å². The molecule has 0 bridgehead atoms. The van der Waals surface area contributed by atoms with Gasteiger partial charge in [0, 0.05) is 6.20 Å². The summed E-state index contributed by atoms with van der Waals surface area (Å²) in [6.45, 7) is 0. The smallest absolute Gasteiger partial charge is 0.257 e. The van der Waals surface area contributed by atoms with Crippen molar-refractivity contribution in [3.05, 3.63) is 84.2 Å². The molecule has 3 aromatic rings. The fourth-order valence-corrected chi connectivity index (χ4v) is 2.11. The number of hydrogen-bond acceptors (Lipinski definition) is 3. The summed E-state index contributed by atoms with van der Waals surface area (Å²) in [5.74, 6) is -1.46. The molecule has 1 aromatic heterocycles. The van der Waals surface area contributed by atoms with E-state index in [1.54, 1.807) is 24.3 Å². The zero-order chi connectivity index (χ0) is 16.9. The maximum atomic E-state index is 13.7. The molecule has 0 unspecified atom stereocenters. The highest BCUT2D eigenvalue weighted by Crippen LogP contribution is 2.20. The van der Waals surface area contributed by atoms with Crippen LogP contribution in [0.2, 0.25) is 0 Å². The van der Waals surface area contributed by atoms with Crippen molar-refractivity contribution in [1.29, 1.82) is 0 Å². The Labute approximate surface area is 137 Å². The highest BCUT2D eigenvalue weighted by atomic mass is 19.1. The molecule has 2 aromatic carbocycles. The molecule has 0 aliphatic heterocycles. The minimum absolute atomic E-state index is 0.0787. The number of nitrogens with one attached hydrogen (secondary N) is 2. The van der Waals surface area contributed by atoms with Gasteiger partial charge >= 0.3 is 0 Å². The van der Waals surface area contributed by atoms with Crippen molar-refractivity contribution in [3.8, 4) is 0 Å². The first-order valence-corrected chi connectivity index (χ1v) is 7.16. The number of para-hydroxylation sites is 2. The molecule has 3 rings (SSSR count). The number of nitrogens with zero attached hydrogens (tertiary/aromatic N) is 1. The quantitative estimate of drug-likeness (QED) is 0.749. The van der Waals surface area contributed by atoms with E-state index in [-0.39, 0.29) is 16.9 Å². The maximum absolute atomic E-state index is 13.7. The SMILES string of the molecule is O=C(Nc1ccccc1F)c1cncc(Nc2ccccc2F)c1. The number of carbonyl (C=O) groups is 1. The third-order valence-corrected chi connectivity index (χ3v) is 3.28. The zero-order valence-electron chi connectivity index (χ0n) is 12.5. The number of halogens is 2. The van der Waals surface area contributed by atoms with Gasteiger partial charge in [-0.3, -0.25) is 9.78 Å². The predicted molar refractivity (Wildman–Crippen MR) is 88.3 cm³/mol. The highest BCUT2D eigenvalue weighted by molar-refractivity contribution is 6.04. The topological polar surface area (TPSA) is 54.0 Å². The van der Waals surface area contributed by atoms with Gasteiger partial charge in [0.1, 0.15) is 11.6 Å². The fraction of sp³-hybridized carbons (Fsp3) is 0. The van der Waals surface area contributed by atoms with Crippen LogP contribution in [-0.2, 0) is 0 Å². The summed E-state index contributed by atoms with van der Waals surface area (Å²) in [6.07, 6.45) is 2.81. The van der Waals surface area contributed by atoms with Gasteiger partial charge in [-0.2, -0.15) is 0 Å². The largest absolute Gasteiger partial charge is 0.352 e. The minimum atomic E-state index is -0.528. The lowest BCUT2D eigenvalue weighted by molar-refractivity contribution is 0.102. The Kier molecular flexibility index (Phi) is 4.47. The van der Waals surface area contributed by atoms with Crippen molar-refractivity contribution < 1.29 is 13.6 Å². The molecule has 0 saturated heterocycles. The molecule has 0 aliphatic carbocycles. The van der Waals surface area contributed by atoms with Gasteiger partial charge in [-0.1, -0.05) is 24.3 Å². The van der Waals surface area contributed by atoms with Crippen molar-refractivity contribution >= 4 is 23.0 Å². The Morgan fingerprint density at radius 2 is 1.50 bits per heavy atom. The van der Waals surface area contributed by atoms with Gasteiger partial charge in [-0.15, -0.1) is 0 Å². The van der Waals surface area contributed by atoms with E-state index in [0.29, 0.717) is 5.69 Å². The number of benzene rings is 2. The Hall–Kier alpha value is -3.28. The Bertz CT molecular complexity index is 883. The number of aromatic nitrogens is 1. The van der Waals surface area contributed by atoms with Crippen LogP contribution in [0.25, 0.3) is 0 Å². The second-order valence-electron chi connectivity index (χ2n) is 5.00. The van der Waals surface area contributed by atoms with E-state index >= 15 is 0 Å². The lowest BCUT2D eigenvalue weighted by atomic mass is 10.2. The van der Waals surface area contributed by atoms with Crippen LogP contribution in [0.3, 0.4) is 0 Å². The number of rotatable bonds is 4. The number of hydrogen-bond donors (Lipinski definition) is 2. The van der Waals surface area contributed by atoms with E-state index in [9.17, 15) is 13.6 Å². The molecule has 0 aliphatic rings. The molecule has 2 N–H and O–H groups in total. The second kappa shape index (κ2) is 6.87. The van der Waals surface area contributed by atoms with Crippen molar-refractivity contribution in [2.45, 2.75) is 0 Å². The van der Waals surface area contributed by atoms with E-state index in [1.807, 2.05) is 0 Å². The third kappa shape index (κ3) is 3.55. The van der Waals surface area contributed by atoms with Crippen LogP contribution < -0.4 is 10.6 Å². The van der Waals surface area contributed by atoms with Gasteiger partial charge in [-0.05, 0) is 30.3 Å². The molecule has 4 nitrogen and oxygen atoms in total. The Balaban J connectivity index is 1.79. The monoisotopic (exact) mass is 325 g/mol. The highest BCUT2D eigenvalue weighted by Gasteiger charge is 2.10. The molecule has 0 saturated carbocycles. The van der Waals surface area contributed by atoms with E-state index in [4.69, 9.17) is 0 Å². The molecule has 0 spiro atoms. The van der Waals surface area contributed by atoms with Crippen LogP contribution in [0.1, 0.15) is 10.4 Å². The number of anilines is 3. The minimum Gasteiger partial charge on any atom is -0.352 e. The van der Waals surface area contributed by atoms with Crippen molar-refractivity contribution in [1.82, 2.24) is 4.98 Å². The molecule has 120 valence electrons. The molecular formula is C18H13F2N3O. The van der Waals surface area contributed by atoms with Gasteiger partial charge in [0.2, 0.25) is 0 Å². The van der Waals surface area contributed by atoms with Crippen LogP contribution in [0.15, 0.2) is 67.0 Å². The first kappa shape index (κ1) is 15.6. The van der Waals surface area contributed by atoms with E-state index in [1.165, 1.54) is 42.7 Å². The van der Waals surface area contributed by atoms with Gasteiger partial charge in [0.25, 0.3) is 5.91 Å². The third-order valence-electron chi connectivity index (χ3n) is 3.28. The maximum Gasteiger partial charge on any atom is 0.257 e. The first-order valence-electron chi connectivity index (χ1n) is 7.16. The molecule has 0 radical (unpaired) electrons. The first-order chi connectivity index (χ1) is 11.6. The van der Waals surface area contributed by atoms with Crippen molar-refractivity contribution in [2.75, 3.05) is 10.6 Å². The Morgan fingerprint density at radius 3 is 2.17 bits per heavy atom. The summed E-state index contributed by atoms with van der Waals surface area (Å²) in [5, 5.41) is 5.32. The summed E-state index contributed by atoms with van der Waals surface area (Å²) in [5.41, 5.74) is 1.02. The van der Waals surface area contributed by atoms with Gasteiger partial charge in [0.05, 0.1) is 28.8 Å². The van der Waals surface area contributed by atoms with E-state index in [2.05, 4.69) is 15.6 Å². The standard InChI is InChI=1S/C18H13F2N3O/c19-14-5-1-3-7-16(14)22-13-9-12(10-21-11-13)18(24)23-17-8-4-2-6-15(17)20/h1-11,22H,(H,23,24). The van der Waals surface area contributed by atoms with Crippen LogP contribution in [-0.4, -0.2) is 10.9 Å². The summed E-state index contributed by atoms with van der Waals surface area (Å²) >= 11 is 0. The summed E-state index contributed by atoms with van der Waals surface area (Å²) in [4.78, 5) is 16.2. The fourth-order valence-electron chi connectivity index (χ4n) is 2.11. The number of carbonyl (C=O) groups excluding carboxylic acids is 1. The number of amides is 1.